The van der Waals surface area contributed by atoms with Crippen LogP contribution in [-0.4, -0.2) is 25.4 Å². The van der Waals surface area contributed by atoms with Crippen LogP contribution in [0.3, 0.4) is 0 Å². The average molecular weight is 205 g/mol. The summed E-state index contributed by atoms with van der Waals surface area (Å²) in [4.78, 5) is 23.2. The number of ketones is 1. The van der Waals surface area contributed by atoms with Crippen molar-refractivity contribution in [1.29, 1.82) is 0 Å². The highest BCUT2D eigenvalue weighted by Crippen LogP contribution is 2.24. The minimum Gasteiger partial charge on any atom is -0.468 e. The number of esters is 1. The maximum atomic E-state index is 11.9. The number of carbonyl (C=O) groups excluding carboxylic acids is 2. The zero-order valence-electron chi connectivity index (χ0n) is 8.32. The fourth-order valence-corrected chi connectivity index (χ4v) is 1.68. The van der Waals surface area contributed by atoms with Gasteiger partial charge in [-0.1, -0.05) is 12.1 Å². The predicted octanol–water partition coefficient (Wildman–Crippen LogP) is 1.08. The second-order valence-corrected chi connectivity index (χ2v) is 3.37. The minimum atomic E-state index is -0.718. The third-order valence-corrected chi connectivity index (χ3v) is 2.49. The molecule has 1 aromatic carbocycles. The quantitative estimate of drug-likeness (QED) is 0.550. The van der Waals surface area contributed by atoms with E-state index in [1.54, 1.807) is 12.1 Å². The normalized spacial score (nSPS) is 19.0. The lowest BCUT2D eigenvalue weighted by atomic mass is 9.92. The van der Waals surface area contributed by atoms with E-state index in [9.17, 15) is 9.59 Å². The number of Topliss-reactive ketones (excluding diaryl/α,β-unsaturated/α-hetero) is 1. The van der Waals surface area contributed by atoms with Crippen molar-refractivity contribution in [2.45, 2.75) is 0 Å². The van der Waals surface area contributed by atoms with Gasteiger partial charge in [0.25, 0.3) is 0 Å². The van der Waals surface area contributed by atoms with Crippen LogP contribution in [0.15, 0.2) is 24.3 Å². The molecule has 0 bridgehead atoms. The van der Waals surface area contributed by atoms with Crippen LogP contribution in [0.5, 0.6) is 0 Å². The Kier molecular flexibility index (Phi) is 2.41. The molecular formula is C11H11NO3. The van der Waals surface area contributed by atoms with Gasteiger partial charge in [-0.2, -0.15) is 0 Å². The van der Waals surface area contributed by atoms with Crippen molar-refractivity contribution < 1.29 is 14.3 Å². The van der Waals surface area contributed by atoms with Crippen LogP contribution < -0.4 is 5.32 Å². The lowest BCUT2D eigenvalue weighted by molar-refractivity contribution is -0.143. The average Bonchev–Trinajstić information content (AvgIpc) is 2.29. The van der Waals surface area contributed by atoms with Gasteiger partial charge in [0, 0.05) is 17.8 Å². The molecule has 4 heteroatoms. The van der Waals surface area contributed by atoms with Gasteiger partial charge in [0.05, 0.1) is 7.11 Å². The molecule has 0 fully saturated rings. The fourth-order valence-electron chi connectivity index (χ4n) is 1.68. The first-order chi connectivity index (χ1) is 7.24. The SMILES string of the molecule is COC(=O)[C@@H]1CNc2ccccc2C1=O. The summed E-state index contributed by atoms with van der Waals surface area (Å²) in [6, 6.07) is 7.15. The van der Waals surface area contributed by atoms with E-state index >= 15 is 0 Å². The Balaban J connectivity index is 2.34. The zero-order valence-corrected chi connectivity index (χ0v) is 8.32. The van der Waals surface area contributed by atoms with Crippen LogP contribution >= 0.6 is 0 Å². The van der Waals surface area contributed by atoms with Crippen LogP contribution in [0.4, 0.5) is 5.69 Å². The molecule has 1 heterocycles. The second-order valence-electron chi connectivity index (χ2n) is 3.37. The molecule has 1 aliphatic rings. The van der Waals surface area contributed by atoms with E-state index in [2.05, 4.69) is 10.1 Å². The molecule has 1 aromatic rings. The van der Waals surface area contributed by atoms with Gasteiger partial charge in [0.15, 0.2) is 5.78 Å². The van der Waals surface area contributed by atoms with E-state index in [4.69, 9.17) is 0 Å². The number of rotatable bonds is 1. The molecule has 15 heavy (non-hydrogen) atoms. The number of anilines is 1. The van der Waals surface area contributed by atoms with E-state index in [-0.39, 0.29) is 5.78 Å². The molecule has 0 saturated heterocycles. The summed E-state index contributed by atoms with van der Waals surface area (Å²) in [5.74, 6) is -1.37. The summed E-state index contributed by atoms with van der Waals surface area (Å²) in [6.45, 7) is 0.308. The van der Waals surface area contributed by atoms with Crippen molar-refractivity contribution in [2.24, 2.45) is 5.92 Å². The predicted molar refractivity (Wildman–Crippen MR) is 54.8 cm³/mol. The molecule has 4 nitrogen and oxygen atoms in total. The van der Waals surface area contributed by atoms with Crippen LogP contribution in [-0.2, 0) is 9.53 Å². The Labute approximate surface area is 87.2 Å². The third kappa shape index (κ3) is 1.58. The molecule has 2 rings (SSSR count). The first kappa shape index (κ1) is 9.71. The van der Waals surface area contributed by atoms with Gasteiger partial charge in [0.1, 0.15) is 5.92 Å². The summed E-state index contributed by atoms with van der Waals surface area (Å²) in [6.07, 6.45) is 0. The van der Waals surface area contributed by atoms with Gasteiger partial charge in [-0.25, -0.2) is 0 Å². The number of fused-ring (bicyclic) bond motifs is 1. The third-order valence-electron chi connectivity index (χ3n) is 2.49. The maximum Gasteiger partial charge on any atom is 0.318 e. The van der Waals surface area contributed by atoms with E-state index in [0.717, 1.165) is 5.69 Å². The molecule has 1 atom stereocenters. The van der Waals surface area contributed by atoms with Crippen LogP contribution in [0, 0.1) is 5.92 Å². The molecule has 1 aliphatic heterocycles. The molecule has 0 saturated carbocycles. The summed E-state index contributed by atoms with van der Waals surface area (Å²) in [5, 5.41) is 3.04. The number of ether oxygens (including phenoxy) is 1. The topological polar surface area (TPSA) is 55.4 Å². The zero-order chi connectivity index (χ0) is 10.8. The highest BCUT2D eigenvalue weighted by molar-refractivity contribution is 6.13. The van der Waals surface area contributed by atoms with Crippen LogP contribution in [0.1, 0.15) is 10.4 Å². The van der Waals surface area contributed by atoms with Crippen molar-refractivity contribution in [3.05, 3.63) is 29.8 Å². The van der Waals surface area contributed by atoms with Gasteiger partial charge >= 0.3 is 5.97 Å². The smallest absolute Gasteiger partial charge is 0.318 e. The summed E-state index contributed by atoms with van der Waals surface area (Å²) in [5.41, 5.74) is 1.34. The lowest BCUT2D eigenvalue weighted by Gasteiger charge is -2.22. The number of nitrogens with one attached hydrogen (secondary N) is 1. The van der Waals surface area contributed by atoms with Gasteiger partial charge in [-0.3, -0.25) is 9.59 Å². The van der Waals surface area contributed by atoms with Crippen molar-refractivity contribution in [1.82, 2.24) is 0 Å². The lowest BCUT2D eigenvalue weighted by Crippen LogP contribution is -2.36. The summed E-state index contributed by atoms with van der Waals surface area (Å²) < 4.78 is 4.58. The number of methoxy groups -OCH3 is 1. The fraction of sp³-hybridized carbons (Fsp3) is 0.273. The van der Waals surface area contributed by atoms with Gasteiger partial charge < -0.3 is 10.1 Å². The molecule has 0 aromatic heterocycles. The molecule has 78 valence electrons. The van der Waals surface area contributed by atoms with Gasteiger partial charge in [0.2, 0.25) is 0 Å². The monoisotopic (exact) mass is 205 g/mol. The number of para-hydroxylation sites is 1. The van der Waals surface area contributed by atoms with Crippen molar-refractivity contribution in [2.75, 3.05) is 19.0 Å². The van der Waals surface area contributed by atoms with E-state index in [1.165, 1.54) is 7.11 Å². The summed E-state index contributed by atoms with van der Waals surface area (Å²) >= 11 is 0. The molecule has 1 N–H and O–H groups in total. The Bertz CT molecular complexity index is 414. The first-order valence-corrected chi connectivity index (χ1v) is 4.69. The highest BCUT2D eigenvalue weighted by Gasteiger charge is 2.33. The Hall–Kier alpha value is -1.84. The summed E-state index contributed by atoms with van der Waals surface area (Å²) in [7, 11) is 1.29. The van der Waals surface area contributed by atoms with Gasteiger partial charge in [-0.05, 0) is 12.1 Å². The van der Waals surface area contributed by atoms with Crippen molar-refractivity contribution in [3.63, 3.8) is 0 Å². The second kappa shape index (κ2) is 3.73. The first-order valence-electron chi connectivity index (χ1n) is 4.69. The molecule has 0 amide bonds. The van der Waals surface area contributed by atoms with Crippen LogP contribution in [0.2, 0.25) is 0 Å². The van der Waals surface area contributed by atoms with Gasteiger partial charge in [-0.15, -0.1) is 0 Å². The molecule has 0 aliphatic carbocycles. The number of benzene rings is 1. The standard InChI is InChI=1S/C11H11NO3/c1-15-11(14)8-6-12-9-5-3-2-4-7(9)10(8)13/h2-5,8,12H,6H2,1H3/t8-/m1/s1. The molecule has 0 spiro atoms. The molecule has 0 unspecified atom stereocenters. The Morgan fingerprint density at radius 1 is 1.47 bits per heavy atom. The van der Waals surface area contributed by atoms with E-state index in [1.807, 2.05) is 12.1 Å². The number of carbonyl (C=O) groups is 2. The largest absolute Gasteiger partial charge is 0.468 e. The van der Waals surface area contributed by atoms with Crippen LogP contribution in [0.25, 0.3) is 0 Å². The maximum absolute atomic E-state index is 11.9. The molecule has 0 radical (unpaired) electrons. The van der Waals surface area contributed by atoms with E-state index < -0.39 is 11.9 Å². The Morgan fingerprint density at radius 3 is 2.93 bits per heavy atom. The number of hydrogen-bond donors (Lipinski definition) is 1. The van der Waals surface area contributed by atoms with Crippen molar-refractivity contribution >= 4 is 17.4 Å². The Morgan fingerprint density at radius 2 is 2.20 bits per heavy atom. The van der Waals surface area contributed by atoms with Crippen molar-refractivity contribution in [3.8, 4) is 0 Å². The van der Waals surface area contributed by atoms with E-state index in [0.29, 0.717) is 12.1 Å². The minimum absolute atomic E-state index is 0.170. The number of hydrogen-bond acceptors (Lipinski definition) is 4. The highest BCUT2D eigenvalue weighted by atomic mass is 16.5. The molecular weight excluding hydrogens is 194 g/mol.